The normalized spacial score (nSPS) is 11.1. The monoisotopic (exact) mass is 496 g/mol. The van der Waals surface area contributed by atoms with Gasteiger partial charge in [-0.1, -0.05) is 72.8 Å². The number of hydrogen-bond donors (Lipinski definition) is 0. The third-order valence-electron chi connectivity index (χ3n) is 6.12. The average Bonchev–Trinajstić information content (AvgIpc) is 3.28. The molecule has 0 radical (unpaired) electrons. The minimum absolute atomic E-state index is 0.00776. The first kappa shape index (κ1) is 25.8. The Hall–Kier alpha value is -4.32. The van der Waals surface area contributed by atoms with E-state index < -0.39 is 5.97 Å². The number of rotatable bonds is 11. The molecule has 0 bridgehead atoms. The molecular formula is C31H32N2O4. The molecule has 0 aliphatic rings. The van der Waals surface area contributed by atoms with Gasteiger partial charge in [-0.2, -0.15) is 0 Å². The van der Waals surface area contributed by atoms with Gasteiger partial charge >= 0.3 is 5.97 Å². The number of carbonyl (C=O) groups excluding carboxylic acids is 2. The van der Waals surface area contributed by atoms with Crippen molar-refractivity contribution in [2.75, 3.05) is 20.2 Å². The molecule has 37 heavy (non-hydrogen) atoms. The van der Waals surface area contributed by atoms with Crippen molar-refractivity contribution in [2.45, 2.75) is 26.5 Å². The van der Waals surface area contributed by atoms with Crippen molar-refractivity contribution >= 4 is 28.9 Å². The van der Waals surface area contributed by atoms with Crippen molar-refractivity contribution in [1.82, 2.24) is 9.47 Å². The Morgan fingerprint density at radius 3 is 2.32 bits per heavy atom. The van der Waals surface area contributed by atoms with E-state index >= 15 is 0 Å². The zero-order chi connectivity index (χ0) is 26.0. The molecule has 0 N–H and O–H groups in total. The molecule has 0 fully saturated rings. The Balaban J connectivity index is 1.59. The molecule has 4 rings (SSSR count). The van der Waals surface area contributed by atoms with Crippen LogP contribution in [0.5, 0.6) is 5.75 Å². The first-order valence-electron chi connectivity index (χ1n) is 12.5. The van der Waals surface area contributed by atoms with E-state index in [0.717, 1.165) is 28.5 Å². The van der Waals surface area contributed by atoms with Crippen LogP contribution >= 0.6 is 0 Å². The number of nitrogens with zero attached hydrogens (tertiary/aromatic N) is 2. The van der Waals surface area contributed by atoms with E-state index in [1.165, 1.54) is 11.6 Å². The Bertz CT molecular complexity index is 1360. The molecule has 190 valence electrons. The molecule has 0 aliphatic carbocycles. The minimum Gasteiger partial charge on any atom is -0.487 e. The number of benzene rings is 3. The highest BCUT2D eigenvalue weighted by Crippen LogP contribution is 2.31. The molecule has 1 aromatic heterocycles. The molecule has 0 saturated heterocycles. The van der Waals surface area contributed by atoms with Crippen molar-refractivity contribution in [1.29, 1.82) is 0 Å². The molecule has 4 aromatic rings. The fourth-order valence-electron chi connectivity index (χ4n) is 4.14. The van der Waals surface area contributed by atoms with Crippen molar-refractivity contribution < 1.29 is 19.1 Å². The van der Waals surface area contributed by atoms with Gasteiger partial charge in [-0.25, -0.2) is 4.79 Å². The van der Waals surface area contributed by atoms with Crippen molar-refractivity contribution in [3.05, 3.63) is 108 Å². The number of ether oxygens (including phenoxy) is 2. The summed E-state index contributed by atoms with van der Waals surface area (Å²) in [5.74, 6) is 0.264. The average molecular weight is 497 g/mol. The van der Waals surface area contributed by atoms with Gasteiger partial charge in [0.15, 0.2) is 0 Å². The summed E-state index contributed by atoms with van der Waals surface area (Å²) in [6, 6.07) is 25.9. The maximum atomic E-state index is 13.2. The molecule has 1 amide bonds. The van der Waals surface area contributed by atoms with Crippen molar-refractivity contribution in [3.63, 3.8) is 0 Å². The van der Waals surface area contributed by atoms with Crippen LogP contribution in [-0.2, 0) is 33.9 Å². The van der Waals surface area contributed by atoms with Gasteiger partial charge in [-0.3, -0.25) is 4.79 Å². The van der Waals surface area contributed by atoms with E-state index in [1.807, 2.05) is 84.5 Å². The minimum atomic E-state index is -0.406. The second kappa shape index (κ2) is 12.6. The SMILES string of the molecule is CCOC(=O)C=Cc1cn(CC(=O)N(C)CCc2ccccc2)c2c(OCc3ccccc3)cccc12. The fourth-order valence-corrected chi connectivity index (χ4v) is 4.14. The Labute approximate surface area is 217 Å². The van der Waals surface area contributed by atoms with Crippen LogP contribution < -0.4 is 4.74 Å². The standard InChI is InChI=1S/C31H32N2O4/c1-3-36-30(35)18-17-26-21-33(22-29(34)32(2)20-19-24-11-6-4-7-12-24)31-27(26)15-10-16-28(31)37-23-25-13-8-5-9-14-25/h4-18,21H,3,19-20,22-23H2,1-2H3. The fraction of sp³-hybridized carbons (Fsp3) is 0.226. The molecule has 0 spiro atoms. The second-order valence-corrected chi connectivity index (χ2v) is 8.78. The molecule has 1 heterocycles. The topological polar surface area (TPSA) is 60.8 Å². The number of hydrogen-bond acceptors (Lipinski definition) is 4. The third kappa shape index (κ3) is 6.88. The molecule has 6 nitrogen and oxygen atoms in total. The van der Waals surface area contributed by atoms with Crippen LogP contribution in [0.1, 0.15) is 23.6 Å². The lowest BCUT2D eigenvalue weighted by Gasteiger charge is -2.18. The molecular weight excluding hydrogens is 464 g/mol. The summed E-state index contributed by atoms with van der Waals surface area (Å²) >= 11 is 0. The van der Waals surface area contributed by atoms with E-state index in [2.05, 4.69) is 12.1 Å². The second-order valence-electron chi connectivity index (χ2n) is 8.78. The molecule has 0 unspecified atom stereocenters. The van der Waals surface area contributed by atoms with Crippen LogP contribution in [-0.4, -0.2) is 41.5 Å². The van der Waals surface area contributed by atoms with Gasteiger partial charge in [0.05, 0.1) is 12.1 Å². The van der Waals surface area contributed by atoms with Crippen LogP contribution in [0.15, 0.2) is 91.1 Å². The summed E-state index contributed by atoms with van der Waals surface area (Å²) in [5.41, 5.74) is 3.87. The van der Waals surface area contributed by atoms with Crippen LogP contribution in [0, 0.1) is 0 Å². The zero-order valence-electron chi connectivity index (χ0n) is 21.3. The van der Waals surface area contributed by atoms with Gasteiger partial charge in [-0.05, 0) is 36.6 Å². The van der Waals surface area contributed by atoms with Gasteiger partial charge in [0.2, 0.25) is 5.91 Å². The van der Waals surface area contributed by atoms with E-state index in [1.54, 1.807) is 17.9 Å². The largest absolute Gasteiger partial charge is 0.487 e. The lowest BCUT2D eigenvalue weighted by molar-refractivity contribution is -0.137. The lowest BCUT2D eigenvalue weighted by atomic mass is 10.1. The molecule has 0 saturated carbocycles. The smallest absolute Gasteiger partial charge is 0.330 e. The number of amides is 1. The van der Waals surface area contributed by atoms with Gasteiger partial charge < -0.3 is 18.9 Å². The highest BCUT2D eigenvalue weighted by atomic mass is 16.5. The molecule has 3 aromatic carbocycles. The van der Waals surface area contributed by atoms with E-state index in [4.69, 9.17) is 9.47 Å². The summed E-state index contributed by atoms with van der Waals surface area (Å²) in [6.45, 7) is 3.26. The maximum Gasteiger partial charge on any atom is 0.330 e. The summed E-state index contributed by atoms with van der Waals surface area (Å²) in [6.07, 6.45) is 5.81. The number of aromatic nitrogens is 1. The van der Waals surface area contributed by atoms with Gasteiger partial charge in [-0.15, -0.1) is 0 Å². The molecule has 0 atom stereocenters. The number of fused-ring (bicyclic) bond motifs is 1. The van der Waals surface area contributed by atoms with Crippen molar-refractivity contribution in [3.8, 4) is 5.75 Å². The maximum absolute atomic E-state index is 13.2. The predicted molar refractivity (Wildman–Crippen MR) is 146 cm³/mol. The predicted octanol–water partition coefficient (Wildman–Crippen LogP) is 5.50. The van der Waals surface area contributed by atoms with Crippen LogP contribution in [0.25, 0.3) is 17.0 Å². The first-order chi connectivity index (χ1) is 18.0. The third-order valence-corrected chi connectivity index (χ3v) is 6.12. The molecule has 0 aliphatic heterocycles. The summed E-state index contributed by atoms with van der Waals surface area (Å²) < 4.78 is 13.1. The summed E-state index contributed by atoms with van der Waals surface area (Å²) in [7, 11) is 1.82. The van der Waals surface area contributed by atoms with Gasteiger partial charge in [0.1, 0.15) is 18.9 Å². The highest BCUT2D eigenvalue weighted by molar-refractivity contribution is 5.97. The number of likely N-dealkylation sites (N-methyl/N-ethyl adjacent to an activating group) is 1. The number of para-hydroxylation sites is 1. The van der Waals surface area contributed by atoms with E-state index in [9.17, 15) is 9.59 Å². The quantitative estimate of drug-likeness (QED) is 0.203. The Morgan fingerprint density at radius 1 is 0.919 bits per heavy atom. The Kier molecular flexibility index (Phi) is 8.76. The van der Waals surface area contributed by atoms with Crippen molar-refractivity contribution in [2.24, 2.45) is 0 Å². The van der Waals surface area contributed by atoms with Crippen LogP contribution in [0.3, 0.4) is 0 Å². The number of carbonyl (C=O) groups is 2. The molecule has 6 heteroatoms. The highest BCUT2D eigenvalue weighted by Gasteiger charge is 2.17. The zero-order valence-corrected chi connectivity index (χ0v) is 21.3. The Morgan fingerprint density at radius 2 is 1.62 bits per heavy atom. The van der Waals surface area contributed by atoms with Crippen LogP contribution in [0.2, 0.25) is 0 Å². The van der Waals surface area contributed by atoms with Crippen LogP contribution in [0.4, 0.5) is 0 Å². The van der Waals surface area contributed by atoms with E-state index in [-0.39, 0.29) is 12.5 Å². The lowest BCUT2D eigenvalue weighted by Crippen LogP contribution is -2.31. The van der Waals surface area contributed by atoms with Gasteiger partial charge in [0, 0.05) is 36.8 Å². The number of esters is 1. The van der Waals surface area contributed by atoms with E-state index in [0.29, 0.717) is 25.5 Å². The van der Waals surface area contributed by atoms with Gasteiger partial charge in [0.25, 0.3) is 0 Å². The first-order valence-corrected chi connectivity index (χ1v) is 12.5. The summed E-state index contributed by atoms with van der Waals surface area (Å²) in [4.78, 5) is 26.9. The summed E-state index contributed by atoms with van der Waals surface area (Å²) in [5, 5.41) is 0.894.